The van der Waals surface area contributed by atoms with Crippen molar-refractivity contribution in [2.75, 3.05) is 23.3 Å². The summed E-state index contributed by atoms with van der Waals surface area (Å²) in [6.45, 7) is 4.11. The fourth-order valence-corrected chi connectivity index (χ4v) is 6.05. The zero-order chi connectivity index (χ0) is 25.9. The summed E-state index contributed by atoms with van der Waals surface area (Å²) in [6.07, 6.45) is 11.9. The lowest BCUT2D eigenvalue weighted by molar-refractivity contribution is 0.372. The molecule has 38 heavy (non-hydrogen) atoms. The van der Waals surface area contributed by atoms with Gasteiger partial charge in [-0.1, -0.05) is 12.8 Å². The number of aromatic nitrogens is 7. The van der Waals surface area contributed by atoms with E-state index in [1.165, 1.54) is 24.9 Å². The van der Waals surface area contributed by atoms with Crippen LogP contribution in [0, 0.1) is 12.8 Å². The standard InChI is InChI=1S/C28H35N9O/c1-19-17-26(38)37(23-6-2-3-7-23)27-24(19)18-29-28(31-27)30-21-9-11-22(12-10-21)36-15-13-20(14-16-36)5-4-8-25-32-34-35-33-25/h9-12,17-18,20,23H,2-8,13-16H2,1H3,(H,29,30,31)(H,32,33,34,35). The van der Waals surface area contributed by atoms with E-state index in [0.717, 1.165) is 85.6 Å². The first-order chi connectivity index (χ1) is 18.6. The number of piperidine rings is 1. The number of H-pyrrole nitrogens is 1. The normalized spacial score (nSPS) is 16.9. The van der Waals surface area contributed by atoms with Crippen LogP contribution >= 0.6 is 0 Å². The van der Waals surface area contributed by atoms with Gasteiger partial charge in [0, 0.05) is 54.6 Å². The Morgan fingerprint density at radius 2 is 1.87 bits per heavy atom. The number of nitrogens with one attached hydrogen (secondary N) is 2. The van der Waals surface area contributed by atoms with E-state index < -0.39 is 0 Å². The van der Waals surface area contributed by atoms with Crippen molar-refractivity contribution in [2.45, 2.75) is 70.8 Å². The molecule has 2 aliphatic rings. The third kappa shape index (κ3) is 5.25. The Bertz CT molecular complexity index is 1420. The molecular weight excluding hydrogens is 478 g/mol. The molecule has 4 aromatic rings. The molecule has 0 unspecified atom stereocenters. The third-order valence-corrected chi connectivity index (χ3v) is 8.21. The van der Waals surface area contributed by atoms with Crippen molar-refractivity contribution < 1.29 is 0 Å². The number of aryl methyl sites for hydroxylation is 2. The fourth-order valence-electron chi connectivity index (χ4n) is 6.05. The van der Waals surface area contributed by atoms with Crippen LogP contribution in [0.5, 0.6) is 0 Å². The molecule has 6 rings (SSSR count). The van der Waals surface area contributed by atoms with E-state index in [0.29, 0.717) is 5.95 Å². The number of nitrogens with zero attached hydrogens (tertiary/aromatic N) is 7. The highest BCUT2D eigenvalue weighted by Gasteiger charge is 2.22. The lowest BCUT2D eigenvalue weighted by atomic mass is 9.91. The number of hydrogen-bond acceptors (Lipinski definition) is 8. The molecule has 3 aromatic heterocycles. The first-order valence-electron chi connectivity index (χ1n) is 13.9. The van der Waals surface area contributed by atoms with Crippen molar-refractivity contribution in [3.05, 3.63) is 58.3 Å². The molecule has 0 spiro atoms. The van der Waals surface area contributed by atoms with Gasteiger partial charge >= 0.3 is 0 Å². The van der Waals surface area contributed by atoms with E-state index in [1.54, 1.807) is 6.07 Å². The zero-order valence-corrected chi connectivity index (χ0v) is 21.9. The van der Waals surface area contributed by atoms with Gasteiger partial charge in [-0.3, -0.25) is 9.36 Å². The largest absolute Gasteiger partial charge is 0.372 e. The number of anilines is 3. The molecule has 0 amide bonds. The smallest absolute Gasteiger partial charge is 0.252 e. The molecule has 1 saturated carbocycles. The molecule has 1 aliphatic heterocycles. The lowest BCUT2D eigenvalue weighted by Gasteiger charge is -2.33. The second kappa shape index (κ2) is 10.9. The minimum atomic E-state index is 0.0341. The second-order valence-electron chi connectivity index (χ2n) is 10.7. The Balaban J connectivity index is 1.09. The fraction of sp³-hybridized carbons (Fsp3) is 0.500. The molecule has 1 saturated heterocycles. The van der Waals surface area contributed by atoms with Crippen LogP contribution in [-0.2, 0) is 6.42 Å². The maximum atomic E-state index is 12.9. The molecule has 0 radical (unpaired) electrons. The Morgan fingerprint density at radius 1 is 1.08 bits per heavy atom. The van der Waals surface area contributed by atoms with Gasteiger partial charge in [-0.15, -0.1) is 5.10 Å². The van der Waals surface area contributed by atoms with Crippen molar-refractivity contribution in [3.63, 3.8) is 0 Å². The van der Waals surface area contributed by atoms with Gasteiger partial charge in [0.2, 0.25) is 5.95 Å². The molecule has 198 valence electrons. The number of pyridine rings is 1. The summed E-state index contributed by atoms with van der Waals surface area (Å²) in [5.41, 5.74) is 3.87. The van der Waals surface area contributed by atoms with Crippen LogP contribution in [-0.4, -0.2) is 48.2 Å². The SMILES string of the molecule is Cc1cc(=O)n(C2CCCC2)c2nc(Nc3ccc(N4CCC(CCCc5nnn[nH]5)CC4)cc3)ncc12. The van der Waals surface area contributed by atoms with Crippen LogP contribution in [0.2, 0.25) is 0 Å². The van der Waals surface area contributed by atoms with Gasteiger partial charge in [0.1, 0.15) is 11.5 Å². The number of rotatable bonds is 8. The number of aromatic amines is 1. The summed E-state index contributed by atoms with van der Waals surface area (Å²) in [7, 11) is 0. The molecule has 0 bridgehead atoms. The number of fused-ring (bicyclic) bond motifs is 1. The van der Waals surface area contributed by atoms with Crippen molar-refractivity contribution in [1.29, 1.82) is 0 Å². The molecule has 10 nitrogen and oxygen atoms in total. The summed E-state index contributed by atoms with van der Waals surface area (Å²) < 4.78 is 1.89. The third-order valence-electron chi connectivity index (χ3n) is 8.21. The number of tetrazole rings is 1. The maximum Gasteiger partial charge on any atom is 0.252 e. The molecular formula is C28H35N9O. The molecule has 4 heterocycles. The monoisotopic (exact) mass is 513 g/mol. The van der Waals surface area contributed by atoms with Crippen molar-refractivity contribution in [2.24, 2.45) is 5.92 Å². The highest BCUT2D eigenvalue weighted by Crippen LogP contribution is 2.31. The first-order valence-corrected chi connectivity index (χ1v) is 13.9. The molecule has 1 aromatic carbocycles. The predicted octanol–water partition coefficient (Wildman–Crippen LogP) is 4.71. The Morgan fingerprint density at radius 3 is 2.61 bits per heavy atom. The first kappa shape index (κ1) is 24.5. The average molecular weight is 514 g/mol. The van der Waals surface area contributed by atoms with Crippen LogP contribution in [0.3, 0.4) is 0 Å². The minimum absolute atomic E-state index is 0.0341. The van der Waals surface area contributed by atoms with Gasteiger partial charge in [0.15, 0.2) is 0 Å². The van der Waals surface area contributed by atoms with Crippen molar-refractivity contribution in [1.82, 2.24) is 35.2 Å². The molecule has 2 N–H and O–H groups in total. The maximum absolute atomic E-state index is 12.9. The molecule has 2 fully saturated rings. The van der Waals surface area contributed by atoms with Gasteiger partial charge in [-0.05, 0) is 91.6 Å². The van der Waals surface area contributed by atoms with E-state index in [2.05, 4.69) is 60.1 Å². The summed E-state index contributed by atoms with van der Waals surface area (Å²) in [6, 6.07) is 10.4. The predicted molar refractivity (Wildman–Crippen MR) is 148 cm³/mol. The summed E-state index contributed by atoms with van der Waals surface area (Å²) in [4.78, 5) is 24.7. The van der Waals surface area contributed by atoms with Crippen LogP contribution in [0.4, 0.5) is 17.3 Å². The van der Waals surface area contributed by atoms with Crippen molar-refractivity contribution >= 4 is 28.4 Å². The zero-order valence-electron chi connectivity index (χ0n) is 21.9. The molecule has 1 aliphatic carbocycles. The topological polar surface area (TPSA) is 118 Å². The van der Waals surface area contributed by atoms with Gasteiger partial charge in [-0.25, -0.2) is 10.1 Å². The quantitative estimate of drug-likeness (QED) is 0.348. The van der Waals surface area contributed by atoms with Crippen molar-refractivity contribution in [3.8, 4) is 0 Å². The number of benzene rings is 1. The highest BCUT2D eigenvalue weighted by atomic mass is 16.1. The summed E-state index contributed by atoms with van der Waals surface area (Å²) in [5.74, 6) is 2.16. The molecule has 0 atom stereocenters. The second-order valence-corrected chi connectivity index (χ2v) is 10.7. The Labute approximate surface area is 221 Å². The lowest BCUT2D eigenvalue weighted by Crippen LogP contribution is -2.33. The van der Waals surface area contributed by atoms with Gasteiger partial charge in [0.05, 0.1) is 0 Å². The average Bonchev–Trinajstić information content (AvgIpc) is 3.65. The minimum Gasteiger partial charge on any atom is -0.372 e. The Hall–Kier alpha value is -3.82. The molecule has 10 heteroatoms. The van der Waals surface area contributed by atoms with Gasteiger partial charge < -0.3 is 10.2 Å². The van der Waals surface area contributed by atoms with Gasteiger partial charge in [-0.2, -0.15) is 4.98 Å². The summed E-state index contributed by atoms with van der Waals surface area (Å²) in [5, 5.41) is 18.4. The van der Waals surface area contributed by atoms with E-state index in [1.807, 2.05) is 17.7 Å². The van der Waals surface area contributed by atoms with Crippen LogP contribution < -0.4 is 15.8 Å². The highest BCUT2D eigenvalue weighted by molar-refractivity contribution is 5.79. The van der Waals surface area contributed by atoms with E-state index >= 15 is 0 Å². The van der Waals surface area contributed by atoms with E-state index in [4.69, 9.17) is 4.98 Å². The summed E-state index contributed by atoms with van der Waals surface area (Å²) >= 11 is 0. The van der Waals surface area contributed by atoms with Crippen LogP contribution in [0.25, 0.3) is 11.0 Å². The van der Waals surface area contributed by atoms with E-state index in [9.17, 15) is 4.79 Å². The van der Waals surface area contributed by atoms with Crippen LogP contribution in [0.15, 0.2) is 41.3 Å². The van der Waals surface area contributed by atoms with Crippen LogP contribution in [0.1, 0.15) is 68.8 Å². The van der Waals surface area contributed by atoms with E-state index in [-0.39, 0.29) is 11.6 Å². The number of hydrogen-bond donors (Lipinski definition) is 2. The van der Waals surface area contributed by atoms with Gasteiger partial charge in [0.25, 0.3) is 5.56 Å². The Kier molecular flexibility index (Phi) is 7.02.